The van der Waals surface area contributed by atoms with Crippen LogP contribution < -0.4 is 5.32 Å². The van der Waals surface area contributed by atoms with Crippen LogP contribution in [0.2, 0.25) is 0 Å². The molecule has 1 saturated heterocycles. The van der Waals surface area contributed by atoms with Crippen molar-refractivity contribution < 1.29 is 14.3 Å². The van der Waals surface area contributed by atoms with E-state index in [0.29, 0.717) is 19.5 Å². The van der Waals surface area contributed by atoms with Gasteiger partial charge in [-0.1, -0.05) is 17.8 Å². The highest BCUT2D eigenvalue weighted by Gasteiger charge is 2.34. The number of aromatic nitrogens is 2. The summed E-state index contributed by atoms with van der Waals surface area (Å²) in [6.07, 6.45) is 4.69. The highest BCUT2D eigenvalue weighted by molar-refractivity contribution is 8.14. The van der Waals surface area contributed by atoms with Crippen LogP contribution in [0.25, 0.3) is 10.2 Å². The maximum Gasteiger partial charge on any atom is 0.226 e. The number of fused-ring (bicyclic) bond motifs is 4. The Kier molecular flexibility index (Phi) is 5.58. The second kappa shape index (κ2) is 8.62. The van der Waals surface area contributed by atoms with Crippen LogP contribution in [0.4, 0.5) is 11.5 Å². The fraction of sp³-hybridized carbons (Fsp3) is 0.440. The molecule has 1 aromatic carbocycles. The molecule has 2 aromatic heterocycles. The van der Waals surface area contributed by atoms with E-state index in [1.54, 1.807) is 17.7 Å². The monoisotopic (exact) mass is 494 g/mol. The van der Waals surface area contributed by atoms with Crippen LogP contribution in [-0.2, 0) is 33.6 Å². The Bertz CT molecular complexity index is 1300. The standard InChI is InChI=1S/C25H26N4O3S2/c1-13-10-29(11-14(2)32-13)25(31)16-4-6-18-20(7-16)34-24-22(18)23(26-12-27-24)28-17-5-3-15-8-21(30)33-19(15)9-17/h3,5,9,12-14,16H,4,6-8,10-11H2,1-2H3,(H,26,27,28). The fourth-order valence-corrected chi connectivity index (χ4v) is 7.55. The van der Waals surface area contributed by atoms with Crippen LogP contribution in [0.1, 0.15) is 36.3 Å². The third-order valence-corrected chi connectivity index (χ3v) is 8.95. The summed E-state index contributed by atoms with van der Waals surface area (Å²) < 4.78 is 5.81. The summed E-state index contributed by atoms with van der Waals surface area (Å²) in [5, 5.41) is 4.71. The number of amides is 1. The number of rotatable bonds is 3. The molecule has 0 bridgehead atoms. The van der Waals surface area contributed by atoms with Crippen LogP contribution >= 0.6 is 23.1 Å². The van der Waals surface area contributed by atoms with Gasteiger partial charge in [0.25, 0.3) is 0 Å². The molecule has 7 nitrogen and oxygen atoms in total. The average molecular weight is 495 g/mol. The van der Waals surface area contributed by atoms with Crippen molar-refractivity contribution in [3.8, 4) is 0 Å². The number of thiophene rings is 1. The maximum atomic E-state index is 13.3. The number of nitrogens with one attached hydrogen (secondary N) is 1. The zero-order valence-corrected chi connectivity index (χ0v) is 20.8. The highest BCUT2D eigenvalue weighted by Crippen LogP contribution is 2.41. The van der Waals surface area contributed by atoms with E-state index in [9.17, 15) is 9.59 Å². The first-order valence-corrected chi connectivity index (χ1v) is 13.4. The second-order valence-corrected chi connectivity index (χ2v) is 11.6. The fourth-order valence-electron chi connectivity index (χ4n) is 5.36. The molecule has 3 unspecified atom stereocenters. The number of thioether (sulfide) groups is 1. The molecule has 0 saturated carbocycles. The minimum Gasteiger partial charge on any atom is -0.372 e. The van der Waals surface area contributed by atoms with Gasteiger partial charge in [0, 0.05) is 40.9 Å². The Balaban J connectivity index is 1.25. The summed E-state index contributed by atoms with van der Waals surface area (Å²) >= 11 is 2.98. The van der Waals surface area contributed by atoms with Gasteiger partial charge in [-0.2, -0.15) is 0 Å². The summed E-state index contributed by atoms with van der Waals surface area (Å²) in [6.45, 7) is 5.41. The zero-order valence-electron chi connectivity index (χ0n) is 19.2. The number of hydrogen-bond acceptors (Lipinski definition) is 8. The molecule has 3 aromatic rings. The summed E-state index contributed by atoms with van der Waals surface area (Å²) in [5.74, 6) is 1.05. The van der Waals surface area contributed by atoms with Gasteiger partial charge in [0.05, 0.1) is 17.6 Å². The largest absolute Gasteiger partial charge is 0.372 e. The van der Waals surface area contributed by atoms with E-state index < -0.39 is 0 Å². The number of hydrogen-bond donors (Lipinski definition) is 1. The molecule has 2 aliphatic heterocycles. The van der Waals surface area contributed by atoms with Crippen LogP contribution in [0, 0.1) is 5.92 Å². The van der Waals surface area contributed by atoms with Crippen LogP contribution in [0.5, 0.6) is 0 Å². The third kappa shape index (κ3) is 3.99. The summed E-state index contributed by atoms with van der Waals surface area (Å²) in [5.41, 5.74) is 3.27. The van der Waals surface area contributed by atoms with Gasteiger partial charge >= 0.3 is 0 Å². The number of aryl methyl sites for hydroxylation is 1. The topological polar surface area (TPSA) is 84.4 Å². The van der Waals surface area contributed by atoms with Crippen LogP contribution in [0.3, 0.4) is 0 Å². The molecule has 3 aliphatic rings. The van der Waals surface area contributed by atoms with Gasteiger partial charge in [-0.05, 0) is 56.4 Å². The van der Waals surface area contributed by atoms with Crippen LogP contribution in [-0.4, -0.2) is 51.2 Å². The van der Waals surface area contributed by atoms with Crippen molar-refractivity contribution >= 4 is 55.8 Å². The van der Waals surface area contributed by atoms with Crippen molar-refractivity contribution in [2.45, 2.75) is 56.6 Å². The lowest BCUT2D eigenvalue weighted by Crippen LogP contribution is -2.50. The second-order valence-electron chi connectivity index (χ2n) is 9.44. The summed E-state index contributed by atoms with van der Waals surface area (Å²) in [4.78, 5) is 39.4. The van der Waals surface area contributed by atoms with Gasteiger partial charge < -0.3 is 15.0 Å². The minimum atomic E-state index is 0.00806. The Labute approximate surface area is 206 Å². The molecule has 1 amide bonds. The molecule has 1 N–H and O–H groups in total. The Hall–Kier alpha value is -2.49. The van der Waals surface area contributed by atoms with Gasteiger partial charge in [0.2, 0.25) is 5.91 Å². The number of morpholine rings is 1. The van der Waals surface area contributed by atoms with Gasteiger partial charge in [0.15, 0.2) is 5.12 Å². The first-order chi connectivity index (χ1) is 16.4. The highest BCUT2D eigenvalue weighted by atomic mass is 32.2. The predicted molar refractivity (Wildman–Crippen MR) is 134 cm³/mol. The molecule has 6 rings (SSSR count). The van der Waals surface area contributed by atoms with Crippen molar-refractivity contribution in [2.75, 3.05) is 18.4 Å². The lowest BCUT2D eigenvalue weighted by Gasteiger charge is -2.37. The molecular weight excluding hydrogens is 468 g/mol. The molecule has 0 radical (unpaired) electrons. The Morgan fingerprint density at radius 2 is 2.03 bits per heavy atom. The van der Waals surface area contributed by atoms with Crippen molar-refractivity contribution in [1.82, 2.24) is 14.9 Å². The van der Waals surface area contributed by atoms with Gasteiger partial charge in [0.1, 0.15) is 17.0 Å². The molecule has 9 heteroatoms. The van der Waals surface area contributed by atoms with E-state index in [1.807, 2.05) is 36.9 Å². The first-order valence-electron chi connectivity index (χ1n) is 11.7. The molecule has 176 valence electrons. The van der Waals surface area contributed by atoms with Gasteiger partial charge in [-0.25, -0.2) is 9.97 Å². The van der Waals surface area contributed by atoms with Crippen molar-refractivity contribution in [3.63, 3.8) is 0 Å². The molecule has 3 atom stereocenters. The molecule has 1 fully saturated rings. The van der Waals surface area contributed by atoms with E-state index >= 15 is 0 Å². The SMILES string of the molecule is CC1CN(C(=O)C2CCc3c(sc4ncnc(Nc5ccc6c(c5)SC(=O)C6)c34)C2)CC(C)O1. The lowest BCUT2D eigenvalue weighted by atomic mass is 9.86. The van der Waals surface area contributed by atoms with Crippen molar-refractivity contribution in [3.05, 3.63) is 40.5 Å². The lowest BCUT2D eigenvalue weighted by molar-refractivity contribution is -0.147. The number of carbonyl (C=O) groups is 2. The Morgan fingerprint density at radius 3 is 2.85 bits per heavy atom. The number of carbonyl (C=O) groups excluding carboxylic acids is 2. The number of anilines is 2. The maximum absolute atomic E-state index is 13.3. The smallest absolute Gasteiger partial charge is 0.226 e. The average Bonchev–Trinajstić information content (AvgIpc) is 3.36. The van der Waals surface area contributed by atoms with E-state index in [0.717, 1.165) is 51.4 Å². The van der Waals surface area contributed by atoms with Crippen LogP contribution in [0.15, 0.2) is 29.4 Å². The van der Waals surface area contributed by atoms with E-state index in [2.05, 4.69) is 15.3 Å². The van der Waals surface area contributed by atoms with E-state index in [-0.39, 0.29) is 29.1 Å². The van der Waals surface area contributed by atoms with E-state index in [1.165, 1.54) is 22.2 Å². The third-order valence-electron chi connectivity index (χ3n) is 6.81. The predicted octanol–water partition coefficient (Wildman–Crippen LogP) is 4.35. The normalized spacial score (nSPS) is 24.2. The number of ether oxygens (including phenoxy) is 1. The Morgan fingerprint density at radius 1 is 1.21 bits per heavy atom. The number of benzene rings is 1. The van der Waals surface area contributed by atoms with Crippen molar-refractivity contribution in [2.24, 2.45) is 5.92 Å². The quantitative estimate of drug-likeness (QED) is 0.579. The number of nitrogens with zero attached hydrogens (tertiary/aromatic N) is 3. The van der Waals surface area contributed by atoms with Gasteiger partial charge in [-0.15, -0.1) is 11.3 Å². The van der Waals surface area contributed by atoms with E-state index in [4.69, 9.17) is 4.74 Å². The molecular formula is C25H26N4O3S2. The molecule has 1 aliphatic carbocycles. The van der Waals surface area contributed by atoms with Crippen molar-refractivity contribution in [1.29, 1.82) is 0 Å². The zero-order chi connectivity index (χ0) is 23.4. The first kappa shape index (κ1) is 22.0. The minimum absolute atomic E-state index is 0.00806. The summed E-state index contributed by atoms with van der Waals surface area (Å²) in [7, 11) is 0. The molecule has 34 heavy (non-hydrogen) atoms. The molecule has 4 heterocycles. The van der Waals surface area contributed by atoms with Gasteiger partial charge in [-0.3, -0.25) is 9.59 Å². The molecule has 0 spiro atoms. The summed E-state index contributed by atoms with van der Waals surface area (Å²) in [6, 6.07) is 6.04.